The van der Waals surface area contributed by atoms with E-state index in [0.29, 0.717) is 29.9 Å². The Hall–Kier alpha value is -1.94. The molecular weight excluding hydrogens is 268 g/mol. The fraction of sp³-hybridized carbons (Fsp3) is 0.500. The number of rotatable bonds is 3. The molecule has 1 saturated carbocycles. The van der Waals surface area contributed by atoms with Crippen molar-refractivity contribution < 1.29 is 23.0 Å². The van der Waals surface area contributed by atoms with Crippen LogP contribution in [-0.2, 0) is 10.3 Å². The molecule has 1 aromatic carbocycles. The third-order valence-corrected chi connectivity index (χ3v) is 3.94. The largest absolute Gasteiger partial charge is 0.454 e. The Bertz CT molecular complexity index is 576. The van der Waals surface area contributed by atoms with Crippen molar-refractivity contribution in [2.45, 2.75) is 37.6 Å². The molecular formula is C14H13F2NO3. The van der Waals surface area contributed by atoms with Crippen molar-refractivity contribution in [2.24, 2.45) is 4.99 Å². The summed E-state index contributed by atoms with van der Waals surface area (Å²) < 4.78 is 36.6. The number of alkyl halides is 2. The number of carbonyl (C=O) groups excluding carboxylic acids is 1. The first kappa shape index (κ1) is 13.1. The maximum Gasteiger partial charge on any atom is 0.263 e. The van der Waals surface area contributed by atoms with E-state index in [4.69, 9.17) is 9.47 Å². The minimum absolute atomic E-state index is 0.00406. The van der Waals surface area contributed by atoms with Gasteiger partial charge < -0.3 is 9.47 Å². The van der Waals surface area contributed by atoms with Gasteiger partial charge in [-0.05, 0) is 25.0 Å². The van der Waals surface area contributed by atoms with E-state index >= 15 is 0 Å². The summed E-state index contributed by atoms with van der Waals surface area (Å²) in [6, 6.07) is 2.66. The highest BCUT2D eigenvalue weighted by molar-refractivity contribution is 5.55. The number of hydrogen-bond donors (Lipinski definition) is 0. The predicted molar refractivity (Wildman–Crippen MR) is 65.8 cm³/mol. The number of halogens is 2. The van der Waals surface area contributed by atoms with Crippen LogP contribution in [0, 0.1) is 0 Å². The Kier molecular flexibility index (Phi) is 3.18. The highest BCUT2D eigenvalue weighted by Gasteiger charge is 2.40. The summed E-state index contributed by atoms with van der Waals surface area (Å²) in [4.78, 5) is 14.7. The lowest BCUT2D eigenvalue weighted by atomic mass is 9.87. The molecule has 1 heterocycles. The van der Waals surface area contributed by atoms with E-state index in [2.05, 4.69) is 4.99 Å². The molecule has 0 aromatic heterocycles. The molecule has 0 saturated heterocycles. The second kappa shape index (κ2) is 4.87. The predicted octanol–water partition coefficient (Wildman–Crippen LogP) is 3.46. The van der Waals surface area contributed by atoms with Crippen LogP contribution in [0.15, 0.2) is 17.1 Å². The summed E-state index contributed by atoms with van der Waals surface area (Å²) in [5.74, 6) is 0.723. The highest BCUT2D eigenvalue weighted by atomic mass is 19.3. The maximum atomic E-state index is 13.0. The molecule has 0 spiro atoms. The summed E-state index contributed by atoms with van der Waals surface area (Å²) in [7, 11) is 0. The Balaban J connectivity index is 2.19. The van der Waals surface area contributed by atoms with Gasteiger partial charge in [-0.1, -0.05) is 12.8 Å². The quantitative estimate of drug-likeness (QED) is 0.629. The van der Waals surface area contributed by atoms with E-state index in [1.807, 2.05) is 0 Å². The number of hydrogen-bond acceptors (Lipinski definition) is 4. The summed E-state index contributed by atoms with van der Waals surface area (Å²) in [6.07, 6.45) is 2.01. The van der Waals surface area contributed by atoms with Crippen LogP contribution in [0.1, 0.15) is 43.2 Å². The molecule has 0 bridgehead atoms. The molecule has 1 fully saturated rings. The zero-order chi connectivity index (χ0) is 14.2. The average molecular weight is 281 g/mol. The number of benzene rings is 1. The molecule has 1 aromatic rings. The topological polar surface area (TPSA) is 47.9 Å². The van der Waals surface area contributed by atoms with E-state index in [0.717, 1.165) is 12.8 Å². The Morgan fingerprint density at radius 1 is 1.25 bits per heavy atom. The van der Waals surface area contributed by atoms with E-state index in [9.17, 15) is 13.6 Å². The van der Waals surface area contributed by atoms with Crippen LogP contribution in [0.2, 0.25) is 0 Å². The van der Waals surface area contributed by atoms with Gasteiger partial charge in [-0.2, -0.15) is 4.99 Å². The summed E-state index contributed by atoms with van der Waals surface area (Å²) >= 11 is 0. The molecule has 0 atom stereocenters. The van der Waals surface area contributed by atoms with Gasteiger partial charge in [-0.3, -0.25) is 0 Å². The van der Waals surface area contributed by atoms with Crippen molar-refractivity contribution in [3.8, 4) is 11.5 Å². The first-order valence-corrected chi connectivity index (χ1v) is 6.47. The van der Waals surface area contributed by atoms with Gasteiger partial charge >= 0.3 is 0 Å². The Morgan fingerprint density at radius 3 is 2.65 bits per heavy atom. The number of isocyanates is 1. The van der Waals surface area contributed by atoms with Crippen molar-refractivity contribution in [1.82, 2.24) is 0 Å². The van der Waals surface area contributed by atoms with Gasteiger partial charge in [0.15, 0.2) is 11.5 Å². The van der Waals surface area contributed by atoms with Crippen molar-refractivity contribution in [3.63, 3.8) is 0 Å². The molecule has 1 aliphatic carbocycles. The average Bonchev–Trinajstić information content (AvgIpc) is 3.06. The van der Waals surface area contributed by atoms with Crippen LogP contribution in [-0.4, -0.2) is 12.9 Å². The summed E-state index contributed by atoms with van der Waals surface area (Å²) in [5, 5.41) is 0. The van der Waals surface area contributed by atoms with Crippen LogP contribution < -0.4 is 9.47 Å². The van der Waals surface area contributed by atoms with Crippen molar-refractivity contribution in [3.05, 3.63) is 23.3 Å². The third kappa shape index (κ3) is 1.96. The van der Waals surface area contributed by atoms with Crippen LogP contribution in [0.25, 0.3) is 0 Å². The smallest absolute Gasteiger partial charge is 0.263 e. The van der Waals surface area contributed by atoms with Gasteiger partial charge in [-0.25, -0.2) is 13.6 Å². The molecule has 2 aliphatic rings. The minimum atomic E-state index is -2.61. The summed E-state index contributed by atoms with van der Waals surface area (Å²) in [5.41, 5.74) is -0.426. The van der Waals surface area contributed by atoms with Gasteiger partial charge in [0.2, 0.25) is 12.9 Å². The number of ether oxygens (including phenoxy) is 2. The van der Waals surface area contributed by atoms with Crippen LogP contribution in [0.5, 0.6) is 11.5 Å². The second-order valence-electron chi connectivity index (χ2n) is 5.04. The molecule has 0 amide bonds. The lowest BCUT2D eigenvalue weighted by Gasteiger charge is -2.24. The first-order chi connectivity index (χ1) is 9.66. The minimum Gasteiger partial charge on any atom is -0.454 e. The Labute approximate surface area is 114 Å². The maximum absolute atomic E-state index is 13.0. The van der Waals surface area contributed by atoms with E-state index in [1.165, 1.54) is 12.1 Å². The van der Waals surface area contributed by atoms with Gasteiger partial charge in [0, 0.05) is 11.1 Å². The molecule has 0 radical (unpaired) electrons. The van der Waals surface area contributed by atoms with Crippen LogP contribution in [0.3, 0.4) is 0 Å². The number of aliphatic imine (C=N–C) groups is 1. The monoisotopic (exact) mass is 281 g/mol. The molecule has 3 rings (SSSR count). The third-order valence-electron chi connectivity index (χ3n) is 3.94. The van der Waals surface area contributed by atoms with E-state index in [-0.39, 0.29) is 12.4 Å². The fourth-order valence-electron chi connectivity index (χ4n) is 2.99. The second-order valence-corrected chi connectivity index (χ2v) is 5.04. The van der Waals surface area contributed by atoms with Crippen LogP contribution >= 0.6 is 0 Å². The number of nitrogens with zero attached hydrogens (tertiary/aromatic N) is 1. The standard InChI is InChI=1S/C14H13F2NO3/c15-13(16)9-5-10(12-11(6-9)19-8-20-12)14(17-7-18)3-1-2-4-14/h5-6,13H,1-4,8H2. The molecule has 20 heavy (non-hydrogen) atoms. The van der Waals surface area contributed by atoms with Gasteiger partial charge in [0.05, 0.1) is 0 Å². The zero-order valence-electron chi connectivity index (χ0n) is 10.7. The molecule has 4 nitrogen and oxygen atoms in total. The SMILES string of the molecule is O=C=NC1(c2cc(C(F)F)cc3c2OCO3)CCCC1. The first-order valence-electron chi connectivity index (χ1n) is 6.47. The summed E-state index contributed by atoms with van der Waals surface area (Å²) in [6.45, 7) is -0.00406. The normalized spacial score (nSPS) is 19.1. The molecule has 6 heteroatoms. The molecule has 0 N–H and O–H groups in total. The van der Waals surface area contributed by atoms with E-state index < -0.39 is 12.0 Å². The molecule has 1 aliphatic heterocycles. The lowest BCUT2D eigenvalue weighted by Crippen LogP contribution is -2.20. The molecule has 0 unspecified atom stereocenters. The number of fused-ring (bicyclic) bond motifs is 1. The molecule has 106 valence electrons. The lowest BCUT2D eigenvalue weighted by molar-refractivity contribution is 0.150. The van der Waals surface area contributed by atoms with E-state index in [1.54, 1.807) is 6.08 Å². The fourth-order valence-corrected chi connectivity index (χ4v) is 2.99. The van der Waals surface area contributed by atoms with Crippen LogP contribution in [0.4, 0.5) is 8.78 Å². The van der Waals surface area contributed by atoms with Gasteiger partial charge in [0.1, 0.15) is 5.54 Å². The Morgan fingerprint density at radius 2 is 2.00 bits per heavy atom. The van der Waals surface area contributed by atoms with Gasteiger partial charge in [-0.15, -0.1) is 0 Å². The highest BCUT2D eigenvalue weighted by Crippen LogP contribution is 2.50. The van der Waals surface area contributed by atoms with Crippen molar-refractivity contribution in [1.29, 1.82) is 0 Å². The zero-order valence-corrected chi connectivity index (χ0v) is 10.7. The van der Waals surface area contributed by atoms with Crippen molar-refractivity contribution >= 4 is 6.08 Å². The van der Waals surface area contributed by atoms with Crippen molar-refractivity contribution in [2.75, 3.05) is 6.79 Å². The van der Waals surface area contributed by atoms with Gasteiger partial charge in [0.25, 0.3) is 6.43 Å².